The zero-order chi connectivity index (χ0) is 11.9. The van der Waals surface area contributed by atoms with Crippen LogP contribution in [-0.2, 0) is 4.79 Å². The van der Waals surface area contributed by atoms with Gasteiger partial charge in [-0.3, -0.25) is 9.89 Å². The Morgan fingerprint density at radius 1 is 1.47 bits per heavy atom. The van der Waals surface area contributed by atoms with Crippen LogP contribution in [0, 0.1) is 0 Å². The van der Waals surface area contributed by atoms with Crippen LogP contribution < -0.4 is 10.6 Å². The smallest absolute Gasteiger partial charge is 0.259 e. The van der Waals surface area contributed by atoms with Gasteiger partial charge in [0.2, 0.25) is 0 Å². The average Bonchev–Trinajstić information content (AvgIpc) is 2.73. The normalized spacial score (nSPS) is 17.7. The van der Waals surface area contributed by atoms with Crippen LogP contribution in [0.5, 0.6) is 0 Å². The molecule has 1 aliphatic rings. The Balaban J connectivity index is 1.82. The minimum absolute atomic E-state index is 0.298. The molecular formula is C11H12N4O2. The summed E-state index contributed by atoms with van der Waals surface area (Å²) in [7, 11) is 0. The SMILES string of the molecule is O=C(Nc1ccc2[nH]ncc2c1)C1(O)CNC1. The van der Waals surface area contributed by atoms with Crippen LogP contribution in [0.1, 0.15) is 0 Å². The maximum Gasteiger partial charge on any atom is 0.259 e. The number of hydrogen-bond acceptors (Lipinski definition) is 4. The highest BCUT2D eigenvalue weighted by Gasteiger charge is 2.42. The number of H-pyrrole nitrogens is 1. The second-order valence-corrected chi connectivity index (χ2v) is 4.26. The molecule has 6 nitrogen and oxygen atoms in total. The summed E-state index contributed by atoms with van der Waals surface area (Å²) >= 11 is 0. The number of hydrogen-bond donors (Lipinski definition) is 4. The van der Waals surface area contributed by atoms with E-state index in [-0.39, 0.29) is 5.91 Å². The number of aromatic amines is 1. The van der Waals surface area contributed by atoms with E-state index in [1.54, 1.807) is 12.3 Å². The number of aromatic nitrogens is 2. The van der Waals surface area contributed by atoms with E-state index in [1.165, 1.54) is 0 Å². The number of nitrogens with one attached hydrogen (secondary N) is 3. The Bertz CT molecular complexity index is 574. The van der Waals surface area contributed by atoms with E-state index >= 15 is 0 Å². The first kappa shape index (κ1) is 10.2. The van der Waals surface area contributed by atoms with Gasteiger partial charge in [0.15, 0.2) is 5.60 Å². The van der Waals surface area contributed by atoms with E-state index < -0.39 is 5.60 Å². The minimum atomic E-state index is -1.27. The van der Waals surface area contributed by atoms with Gasteiger partial charge in [0.1, 0.15) is 0 Å². The number of β-amino-alcohol motifs (C(OH)–C–C–N with tert-alkyl or cyclic N) is 1. The van der Waals surface area contributed by atoms with E-state index in [0.29, 0.717) is 18.8 Å². The molecule has 0 bridgehead atoms. The van der Waals surface area contributed by atoms with Crippen LogP contribution in [0.4, 0.5) is 5.69 Å². The summed E-state index contributed by atoms with van der Waals surface area (Å²) in [6.45, 7) is 0.597. The summed E-state index contributed by atoms with van der Waals surface area (Å²) in [5, 5.41) is 23.0. The van der Waals surface area contributed by atoms with E-state index in [2.05, 4.69) is 20.8 Å². The Kier molecular flexibility index (Phi) is 2.13. The van der Waals surface area contributed by atoms with Crippen molar-refractivity contribution in [3.63, 3.8) is 0 Å². The third-order valence-electron chi connectivity index (χ3n) is 2.96. The van der Waals surface area contributed by atoms with Gasteiger partial charge in [-0.1, -0.05) is 0 Å². The third-order valence-corrected chi connectivity index (χ3v) is 2.96. The van der Waals surface area contributed by atoms with Crippen molar-refractivity contribution in [2.75, 3.05) is 18.4 Å². The molecule has 0 aliphatic carbocycles. The van der Waals surface area contributed by atoms with E-state index in [1.807, 2.05) is 12.1 Å². The Labute approximate surface area is 97.0 Å². The Morgan fingerprint density at radius 2 is 2.29 bits per heavy atom. The molecule has 0 saturated carbocycles. The second kappa shape index (κ2) is 3.54. The van der Waals surface area contributed by atoms with Gasteiger partial charge in [0.25, 0.3) is 5.91 Å². The topological polar surface area (TPSA) is 90.0 Å². The number of amides is 1. The molecule has 0 atom stereocenters. The summed E-state index contributed by atoms with van der Waals surface area (Å²) in [6.07, 6.45) is 1.69. The summed E-state index contributed by atoms with van der Waals surface area (Å²) in [6, 6.07) is 5.42. The number of fused-ring (bicyclic) bond motifs is 1. The lowest BCUT2D eigenvalue weighted by atomic mass is 9.96. The first-order valence-corrected chi connectivity index (χ1v) is 5.35. The molecule has 6 heteroatoms. The maximum absolute atomic E-state index is 11.8. The molecule has 0 radical (unpaired) electrons. The van der Waals surface area contributed by atoms with Gasteiger partial charge in [0.05, 0.1) is 11.7 Å². The molecule has 1 fully saturated rings. The number of rotatable bonds is 2. The van der Waals surface area contributed by atoms with Crippen molar-refractivity contribution >= 4 is 22.5 Å². The van der Waals surface area contributed by atoms with Crippen LogP contribution in [0.3, 0.4) is 0 Å². The van der Waals surface area contributed by atoms with Crippen molar-refractivity contribution < 1.29 is 9.90 Å². The molecule has 1 aromatic heterocycles. The number of carbonyl (C=O) groups is 1. The van der Waals surface area contributed by atoms with Gasteiger partial charge in [-0.15, -0.1) is 0 Å². The van der Waals surface area contributed by atoms with E-state index in [0.717, 1.165) is 10.9 Å². The summed E-state index contributed by atoms with van der Waals surface area (Å²) in [5.74, 6) is -0.376. The van der Waals surface area contributed by atoms with Crippen molar-refractivity contribution in [3.8, 4) is 0 Å². The predicted molar refractivity (Wildman–Crippen MR) is 62.5 cm³/mol. The predicted octanol–water partition coefficient (Wildman–Crippen LogP) is -0.164. The average molecular weight is 232 g/mol. The first-order valence-electron chi connectivity index (χ1n) is 5.35. The maximum atomic E-state index is 11.8. The summed E-state index contributed by atoms with van der Waals surface area (Å²) in [5.41, 5.74) is 0.294. The molecule has 2 aromatic rings. The van der Waals surface area contributed by atoms with Crippen molar-refractivity contribution in [2.45, 2.75) is 5.60 Å². The summed E-state index contributed by atoms with van der Waals surface area (Å²) in [4.78, 5) is 11.8. The van der Waals surface area contributed by atoms with Gasteiger partial charge in [-0.25, -0.2) is 0 Å². The number of carbonyl (C=O) groups excluding carboxylic acids is 1. The van der Waals surface area contributed by atoms with Crippen LogP contribution in [0.25, 0.3) is 10.9 Å². The molecule has 2 heterocycles. The Hall–Kier alpha value is -1.92. The highest BCUT2D eigenvalue weighted by molar-refractivity contribution is 5.99. The van der Waals surface area contributed by atoms with Gasteiger partial charge < -0.3 is 15.7 Å². The highest BCUT2D eigenvalue weighted by Crippen LogP contribution is 2.19. The standard InChI is InChI=1S/C11H12N4O2/c16-10(11(17)5-12-6-11)14-8-1-2-9-7(3-8)4-13-15-9/h1-4,12,17H,5-6H2,(H,13,15)(H,14,16). The molecule has 0 unspecified atom stereocenters. The molecule has 1 amide bonds. The lowest BCUT2D eigenvalue weighted by Gasteiger charge is -2.35. The summed E-state index contributed by atoms with van der Waals surface area (Å²) < 4.78 is 0. The second-order valence-electron chi connectivity index (χ2n) is 4.26. The number of aliphatic hydroxyl groups is 1. The molecule has 88 valence electrons. The molecule has 17 heavy (non-hydrogen) atoms. The zero-order valence-electron chi connectivity index (χ0n) is 9.03. The molecule has 0 spiro atoms. The molecule has 1 aliphatic heterocycles. The lowest BCUT2D eigenvalue weighted by Crippen LogP contribution is -2.65. The van der Waals surface area contributed by atoms with Crippen molar-refractivity contribution in [3.05, 3.63) is 24.4 Å². The van der Waals surface area contributed by atoms with Crippen LogP contribution in [-0.4, -0.2) is 39.9 Å². The fourth-order valence-electron chi connectivity index (χ4n) is 1.79. The Morgan fingerprint density at radius 3 is 3.00 bits per heavy atom. The first-order chi connectivity index (χ1) is 8.17. The number of anilines is 1. The third kappa shape index (κ3) is 1.67. The van der Waals surface area contributed by atoms with Gasteiger partial charge in [0, 0.05) is 24.2 Å². The molecule has 3 rings (SSSR count). The van der Waals surface area contributed by atoms with Gasteiger partial charge in [-0.2, -0.15) is 5.10 Å². The quantitative estimate of drug-likeness (QED) is 0.579. The fraction of sp³-hybridized carbons (Fsp3) is 0.273. The van der Waals surface area contributed by atoms with Gasteiger partial charge >= 0.3 is 0 Å². The number of benzene rings is 1. The molecular weight excluding hydrogens is 220 g/mol. The largest absolute Gasteiger partial charge is 0.377 e. The monoisotopic (exact) mass is 232 g/mol. The van der Waals surface area contributed by atoms with Crippen LogP contribution >= 0.6 is 0 Å². The highest BCUT2D eigenvalue weighted by atomic mass is 16.3. The molecule has 1 aromatic carbocycles. The van der Waals surface area contributed by atoms with E-state index in [9.17, 15) is 9.90 Å². The van der Waals surface area contributed by atoms with Gasteiger partial charge in [-0.05, 0) is 18.2 Å². The number of nitrogens with zero attached hydrogens (tertiary/aromatic N) is 1. The molecule has 4 N–H and O–H groups in total. The van der Waals surface area contributed by atoms with Crippen molar-refractivity contribution in [1.29, 1.82) is 0 Å². The zero-order valence-corrected chi connectivity index (χ0v) is 9.03. The van der Waals surface area contributed by atoms with Crippen LogP contribution in [0.2, 0.25) is 0 Å². The van der Waals surface area contributed by atoms with E-state index in [4.69, 9.17) is 0 Å². The van der Waals surface area contributed by atoms with Crippen LogP contribution in [0.15, 0.2) is 24.4 Å². The minimum Gasteiger partial charge on any atom is -0.377 e. The lowest BCUT2D eigenvalue weighted by molar-refractivity contribution is -0.138. The molecule has 1 saturated heterocycles. The van der Waals surface area contributed by atoms with Crippen molar-refractivity contribution in [2.24, 2.45) is 0 Å². The van der Waals surface area contributed by atoms with Crippen molar-refractivity contribution in [1.82, 2.24) is 15.5 Å². The fourth-order valence-corrected chi connectivity index (χ4v) is 1.79.